The molecule has 0 saturated carbocycles. The lowest BCUT2D eigenvalue weighted by Gasteiger charge is -2.01. The van der Waals surface area contributed by atoms with E-state index in [1.165, 1.54) is 12.8 Å². The first kappa shape index (κ1) is 17.1. The third kappa shape index (κ3) is 10.2. The number of hydrogen-bond donors (Lipinski definition) is 0. The van der Waals surface area contributed by atoms with Crippen molar-refractivity contribution in [2.24, 2.45) is 13.0 Å². The van der Waals surface area contributed by atoms with Gasteiger partial charge in [-0.1, -0.05) is 13.8 Å². The average Bonchev–Trinajstić information content (AvgIpc) is 2.64. The fraction of sp³-hybridized carbons (Fsp3) is 0.727. The maximum absolute atomic E-state index is 9.22. The Morgan fingerprint density at radius 1 is 1.44 bits per heavy atom. The van der Waals surface area contributed by atoms with Crippen LogP contribution in [0.15, 0.2) is 18.7 Å². The van der Waals surface area contributed by atoms with Gasteiger partial charge in [-0.3, -0.25) is 4.18 Å². The monoisotopic (exact) mass is 278 g/mol. The minimum atomic E-state index is -4.41. The molecule has 1 aromatic rings. The summed E-state index contributed by atoms with van der Waals surface area (Å²) in [5.41, 5.74) is 0. The number of aromatic nitrogens is 2. The second kappa shape index (κ2) is 8.23. The molecule has 106 valence electrons. The highest BCUT2D eigenvalue weighted by atomic mass is 32.3. The van der Waals surface area contributed by atoms with E-state index in [0.717, 1.165) is 19.6 Å². The van der Waals surface area contributed by atoms with E-state index in [-0.39, 0.29) is 0 Å². The van der Waals surface area contributed by atoms with E-state index >= 15 is 0 Å². The summed E-state index contributed by atoms with van der Waals surface area (Å²) in [7, 11) is -1.55. The Morgan fingerprint density at radius 2 is 2.00 bits per heavy atom. The van der Waals surface area contributed by atoms with Crippen LogP contribution in [0.2, 0.25) is 0 Å². The van der Waals surface area contributed by atoms with E-state index in [9.17, 15) is 13.0 Å². The molecule has 1 rings (SSSR count). The summed E-state index contributed by atoms with van der Waals surface area (Å²) in [5, 5.41) is 0. The molecule has 0 aliphatic rings. The van der Waals surface area contributed by atoms with Gasteiger partial charge in [0.1, 0.15) is 12.4 Å². The molecule has 0 atom stereocenters. The molecule has 0 unspecified atom stereocenters. The fourth-order valence-electron chi connectivity index (χ4n) is 1.32. The average molecular weight is 278 g/mol. The molecule has 1 heterocycles. The Hall–Kier alpha value is -0.920. The Bertz CT molecular complexity index is 426. The molecule has 7 heteroatoms. The van der Waals surface area contributed by atoms with Gasteiger partial charge >= 0.3 is 0 Å². The van der Waals surface area contributed by atoms with Crippen molar-refractivity contribution in [3.63, 3.8) is 0 Å². The van der Waals surface area contributed by atoms with Crippen LogP contribution in [0, 0.1) is 5.92 Å². The summed E-state index contributed by atoms with van der Waals surface area (Å²) in [6, 6.07) is 0. The van der Waals surface area contributed by atoms with Crippen LogP contribution in [0.25, 0.3) is 0 Å². The summed E-state index contributed by atoms with van der Waals surface area (Å²) in [4.78, 5) is 0. The predicted octanol–water partition coefficient (Wildman–Crippen LogP) is 0.842. The standard InChI is InChI=1S/C10H19N2.CH4O4S/c1-10(2)5-4-6-12-8-7-11(3)9-12;1-5-6(2,3)4/h7-10H,4-6H2,1-3H3;1H3,(H,2,3,4)/q+1;/p-1. The molecule has 0 aliphatic carbocycles. The van der Waals surface area contributed by atoms with Crippen molar-refractivity contribution in [2.45, 2.75) is 33.2 Å². The van der Waals surface area contributed by atoms with Crippen LogP contribution in [-0.4, -0.2) is 24.6 Å². The molecule has 1 aromatic heterocycles. The highest BCUT2D eigenvalue weighted by Crippen LogP contribution is 2.04. The normalized spacial score (nSPS) is 11.2. The highest BCUT2D eigenvalue weighted by Gasteiger charge is 2.00. The van der Waals surface area contributed by atoms with Gasteiger partial charge in [0.2, 0.25) is 16.7 Å². The number of nitrogens with zero attached hydrogens (tertiary/aromatic N) is 2. The zero-order chi connectivity index (χ0) is 14.2. The van der Waals surface area contributed by atoms with Crippen molar-refractivity contribution in [3.8, 4) is 0 Å². The lowest BCUT2D eigenvalue weighted by atomic mass is 10.1. The number of hydrogen-bond acceptors (Lipinski definition) is 4. The quantitative estimate of drug-likeness (QED) is 0.454. The zero-order valence-electron chi connectivity index (χ0n) is 11.4. The van der Waals surface area contributed by atoms with Crippen molar-refractivity contribution in [1.82, 2.24) is 4.57 Å². The first-order chi connectivity index (χ1) is 8.24. The maximum Gasteiger partial charge on any atom is 0.243 e. The SMILES string of the molecule is CC(C)CCCn1cc[n+](C)c1.COS(=O)(=O)[O-]. The Labute approximate surface area is 109 Å². The molecule has 0 fully saturated rings. The van der Waals surface area contributed by atoms with Gasteiger partial charge in [-0.25, -0.2) is 17.6 Å². The predicted molar refractivity (Wildman–Crippen MR) is 66.4 cm³/mol. The van der Waals surface area contributed by atoms with Gasteiger partial charge in [0.25, 0.3) is 0 Å². The van der Waals surface area contributed by atoms with Crippen molar-refractivity contribution >= 4 is 10.4 Å². The van der Waals surface area contributed by atoms with Gasteiger partial charge in [-0.15, -0.1) is 0 Å². The van der Waals surface area contributed by atoms with Crippen LogP contribution in [-0.2, 0) is 28.2 Å². The highest BCUT2D eigenvalue weighted by molar-refractivity contribution is 7.80. The fourth-order valence-corrected chi connectivity index (χ4v) is 1.32. The third-order valence-electron chi connectivity index (χ3n) is 2.23. The molecule has 0 aromatic carbocycles. The van der Waals surface area contributed by atoms with Gasteiger partial charge in [0.15, 0.2) is 0 Å². The summed E-state index contributed by atoms with van der Waals surface area (Å²) in [6.45, 7) is 5.70. The first-order valence-corrected chi connectivity index (χ1v) is 7.10. The van der Waals surface area contributed by atoms with E-state index in [0.29, 0.717) is 0 Å². The van der Waals surface area contributed by atoms with Gasteiger partial charge in [0, 0.05) is 0 Å². The van der Waals surface area contributed by atoms with Crippen molar-refractivity contribution in [2.75, 3.05) is 7.11 Å². The summed E-state index contributed by atoms with van der Waals surface area (Å²) >= 11 is 0. The smallest absolute Gasteiger partial charge is 0.243 e. The summed E-state index contributed by atoms with van der Waals surface area (Å²) < 4.78 is 35.3. The topological polar surface area (TPSA) is 75.2 Å². The number of rotatable bonds is 5. The van der Waals surface area contributed by atoms with Crippen molar-refractivity contribution < 1.29 is 21.7 Å². The number of aryl methyl sites for hydroxylation is 2. The van der Waals surface area contributed by atoms with E-state index in [4.69, 9.17) is 0 Å². The lowest BCUT2D eigenvalue weighted by Crippen LogP contribution is -2.23. The Balaban J connectivity index is 0.000000411. The molecular formula is C11H22N2O4S. The molecule has 0 amide bonds. The van der Waals surface area contributed by atoms with Crippen molar-refractivity contribution in [1.29, 1.82) is 0 Å². The van der Waals surface area contributed by atoms with Gasteiger partial charge in [0.05, 0.1) is 20.7 Å². The van der Waals surface area contributed by atoms with Crippen LogP contribution < -0.4 is 4.57 Å². The molecule has 0 bridgehead atoms. The summed E-state index contributed by atoms with van der Waals surface area (Å²) in [5.74, 6) is 0.828. The molecule has 0 spiro atoms. The molecule has 18 heavy (non-hydrogen) atoms. The van der Waals surface area contributed by atoms with Gasteiger partial charge in [-0.2, -0.15) is 0 Å². The van der Waals surface area contributed by atoms with Crippen LogP contribution in [0.1, 0.15) is 26.7 Å². The minimum Gasteiger partial charge on any atom is -0.726 e. The lowest BCUT2D eigenvalue weighted by molar-refractivity contribution is -0.671. The van der Waals surface area contributed by atoms with E-state index in [1.54, 1.807) is 0 Å². The maximum atomic E-state index is 9.22. The second-order valence-corrected chi connectivity index (χ2v) is 5.58. The minimum absolute atomic E-state index is 0.808. The van der Waals surface area contributed by atoms with E-state index in [1.807, 2.05) is 0 Å². The Morgan fingerprint density at radius 3 is 2.33 bits per heavy atom. The molecule has 0 N–H and O–H groups in total. The second-order valence-electron chi connectivity index (χ2n) is 4.43. The van der Waals surface area contributed by atoms with E-state index in [2.05, 4.69) is 52.9 Å². The van der Waals surface area contributed by atoms with Gasteiger partial charge < -0.3 is 4.55 Å². The molecule has 0 saturated heterocycles. The van der Waals surface area contributed by atoms with Crippen molar-refractivity contribution in [3.05, 3.63) is 18.7 Å². The first-order valence-electron chi connectivity index (χ1n) is 5.77. The molecule has 0 radical (unpaired) electrons. The molecule has 0 aliphatic heterocycles. The molecular weight excluding hydrogens is 256 g/mol. The Kier molecular flexibility index (Phi) is 7.81. The third-order valence-corrected chi connectivity index (χ3v) is 2.63. The van der Waals surface area contributed by atoms with Crippen LogP contribution in [0.4, 0.5) is 0 Å². The molecule has 6 nitrogen and oxygen atoms in total. The van der Waals surface area contributed by atoms with E-state index < -0.39 is 10.4 Å². The summed E-state index contributed by atoms with van der Waals surface area (Å²) in [6.07, 6.45) is 8.93. The van der Waals surface area contributed by atoms with Crippen LogP contribution >= 0.6 is 0 Å². The van der Waals surface area contributed by atoms with Crippen LogP contribution in [0.5, 0.6) is 0 Å². The van der Waals surface area contributed by atoms with Crippen LogP contribution in [0.3, 0.4) is 0 Å². The zero-order valence-corrected chi connectivity index (χ0v) is 12.2. The largest absolute Gasteiger partial charge is 0.726 e. The van der Waals surface area contributed by atoms with Gasteiger partial charge in [-0.05, 0) is 18.8 Å². The number of imidazole rings is 1.